The first-order valence-corrected chi connectivity index (χ1v) is 7.54. The third kappa shape index (κ3) is 1.58. The quantitative estimate of drug-likeness (QED) is 0.845. The number of thioether (sulfide) groups is 1. The highest BCUT2D eigenvalue weighted by Crippen LogP contribution is 2.55. The van der Waals surface area contributed by atoms with Crippen LogP contribution in [0.5, 0.6) is 0 Å². The molecule has 3 nitrogen and oxygen atoms in total. The number of nitrogens with one attached hydrogen (secondary N) is 1. The van der Waals surface area contributed by atoms with Crippen molar-refractivity contribution in [1.29, 1.82) is 0 Å². The van der Waals surface area contributed by atoms with Crippen molar-refractivity contribution < 1.29 is 4.79 Å². The van der Waals surface area contributed by atoms with E-state index < -0.39 is 0 Å². The van der Waals surface area contributed by atoms with E-state index >= 15 is 0 Å². The van der Waals surface area contributed by atoms with Gasteiger partial charge < -0.3 is 11.1 Å². The van der Waals surface area contributed by atoms with Crippen LogP contribution in [0.25, 0.3) is 0 Å². The van der Waals surface area contributed by atoms with Gasteiger partial charge in [-0.2, -0.15) is 0 Å². The number of amides is 1. The Bertz CT molecular complexity index is 700. The Kier molecular flexibility index (Phi) is 2.54. The molecule has 0 saturated heterocycles. The molecule has 100 valence electrons. The van der Waals surface area contributed by atoms with E-state index in [2.05, 4.69) is 29.6 Å². The number of anilines is 1. The maximum atomic E-state index is 11.9. The Morgan fingerprint density at radius 1 is 1.05 bits per heavy atom. The molecule has 4 heteroatoms. The summed E-state index contributed by atoms with van der Waals surface area (Å²) in [5.41, 5.74) is 9.22. The highest BCUT2D eigenvalue weighted by Gasteiger charge is 2.45. The molecule has 0 saturated carbocycles. The van der Waals surface area contributed by atoms with Crippen LogP contribution in [0.15, 0.2) is 53.4 Å². The van der Waals surface area contributed by atoms with Gasteiger partial charge in [0, 0.05) is 16.5 Å². The molecule has 3 N–H and O–H groups in total. The molecule has 0 aliphatic carbocycles. The molecule has 2 aliphatic heterocycles. The summed E-state index contributed by atoms with van der Waals surface area (Å²) in [7, 11) is 0. The highest BCUT2D eigenvalue weighted by atomic mass is 32.2. The largest absolute Gasteiger partial charge is 0.377 e. The molecule has 20 heavy (non-hydrogen) atoms. The molecule has 0 radical (unpaired) electrons. The van der Waals surface area contributed by atoms with E-state index in [9.17, 15) is 4.79 Å². The number of fused-ring (bicyclic) bond motifs is 5. The lowest BCUT2D eigenvalue weighted by Crippen LogP contribution is -2.36. The third-order valence-electron chi connectivity index (χ3n) is 4.10. The van der Waals surface area contributed by atoms with Crippen molar-refractivity contribution >= 4 is 23.4 Å². The summed E-state index contributed by atoms with van der Waals surface area (Å²) in [6, 6.07) is 16.6. The maximum Gasteiger partial charge on any atom is 0.231 e. The summed E-state index contributed by atoms with van der Waals surface area (Å²) >= 11 is 1.59. The van der Waals surface area contributed by atoms with E-state index in [1.807, 2.05) is 24.3 Å². The summed E-state index contributed by atoms with van der Waals surface area (Å²) in [6.07, 6.45) is 0. The molecule has 2 aromatic rings. The standard InChI is InChI=1S/C16H14N2OS/c17-16(19)15-13-9-5-1-3-7-11(9)18-14(13)10-6-2-4-8-12(10)20-15/h1-8,13-15,18H,(H2,17,19). The Balaban J connectivity index is 1.90. The van der Waals surface area contributed by atoms with Crippen LogP contribution in [-0.4, -0.2) is 11.2 Å². The fourth-order valence-electron chi connectivity index (χ4n) is 3.25. The van der Waals surface area contributed by atoms with Gasteiger partial charge in [0.1, 0.15) is 0 Å². The van der Waals surface area contributed by atoms with Gasteiger partial charge in [0.05, 0.1) is 11.3 Å². The fraction of sp³-hybridized carbons (Fsp3) is 0.188. The molecule has 2 heterocycles. The molecular formula is C16H14N2OS. The number of para-hydroxylation sites is 1. The van der Waals surface area contributed by atoms with Gasteiger partial charge in [-0.05, 0) is 23.3 Å². The zero-order valence-corrected chi connectivity index (χ0v) is 11.6. The van der Waals surface area contributed by atoms with Gasteiger partial charge >= 0.3 is 0 Å². The van der Waals surface area contributed by atoms with Crippen LogP contribution in [0.2, 0.25) is 0 Å². The van der Waals surface area contributed by atoms with E-state index in [1.54, 1.807) is 11.8 Å². The molecule has 4 rings (SSSR count). The maximum absolute atomic E-state index is 11.9. The SMILES string of the molecule is NC(=O)C1Sc2ccccc2C2Nc3ccccc3C12. The Labute approximate surface area is 121 Å². The van der Waals surface area contributed by atoms with Crippen molar-refractivity contribution in [3.63, 3.8) is 0 Å². The molecule has 2 aliphatic rings. The minimum absolute atomic E-state index is 0.114. The highest BCUT2D eigenvalue weighted by molar-refractivity contribution is 8.00. The summed E-state index contributed by atoms with van der Waals surface area (Å²) < 4.78 is 0. The second kappa shape index (κ2) is 4.28. The average Bonchev–Trinajstić information content (AvgIpc) is 2.86. The minimum atomic E-state index is -0.238. The molecule has 0 spiro atoms. The molecule has 1 amide bonds. The Morgan fingerprint density at radius 2 is 1.75 bits per heavy atom. The zero-order valence-electron chi connectivity index (χ0n) is 10.7. The zero-order chi connectivity index (χ0) is 13.7. The molecule has 3 unspecified atom stereocenters. The van der Waals surface area contributed by atoms with Crippen LogP contribution in [-0.2, 0) is 4.79 Å². The first-order chi connectivity index (χ1) is 9.75. The Hall–Kier alpha value is -1.94. The predicted molar refractivity (Wildman–Crippen MR) is 80.8 cm³/mol. The van der Waals surface area contributed by atoms with E-state index in [0.717, 1.165) is 10.6 Å². The van der Waals surface area contributed by atoms with Crippen molar-refractivity contribution in [2.75, 3.05) is 5.32 Å². The number of benzene rings is 2. The van der Waals surface area contributed by atoms with Crippen LogP contribution in [0, 0.1) is 0 Å². The average molecular weight is 282 g/mol. The monoisotopic (exact) mass is 282 g/mol. The first-order valence-electron chi connectivity index (χ1n) is 6.66. The lowest BCUT2D eigenvalue weighted by molar-refractivity contribution is -0.117. The second-order valence-electron chi connectivity index (χ2n) is 5.21. The van der Waals surface area contributed by atoms with Gasteiger partial charge in [-0.1, -0.05) is 36.4 Å². The topological polar surface area (TPSA) is 55.1 Å². The van der Waals surface area contributed by atoms with Gasteiger partial charge in [0.25, 0.3) is 0 Å². The van der Waals surface area contributed by atoms with Crippen LogP contribution in [0.4, 0.5) is 5.69 Å². The molecule has 0 fully saturated rings. The number of carbonyl (C=O) groups excluding carboxylic acids is 1. The number of primary amides is 1. The van der Waals surface area contributed by atoms with Crippen molar-refractivity contribution in [3.8, 4) is 0 Å². The molecule has 0 aromatic heterocycles. The summed E-state index contributed by atoms with van der Waals surface area (Å²) in [4.78, 5) is 13.0. The van der Waals surface area contributed by atoms with E-state index in [4.69, 9.17) is 5.73 Å². The minimum Gasteiger partial charge on any atom is -0.377 e. The number of rotatable bonds is 1. The molecule has 0 bridgehead atoms. The van der Waals surface area contributed by atoms with Gasteiger partial charge in [-0.3, -0.25) is 4.79 Å². The van der Waals surface area contributed by atoms with Crippen LogP contribution in [0.3, 0.4) is 0 Å². The first kappa shape index (κ1) is 11.9. The second-order valence-corrected chi connectivity index (χ2v) is 6.40. The number of hydrogen-bond donors (Lipinski definition) is 2. The van der Waals surface area contributed by atoms with Crippen molar-refractivity contribution in [3.05, 3.63) is 59.7 Å². The van der Waals surface area contributed by atoms with Gasteiger partial charge in [-0.15, -0.1) is 11.8 Å². The molecule has 3 atom stereocenters. The molecule has 2 aromatic carbocycles. The lowest BCUT2D eigenvalue weighted by atomic mass is 9.86. The third-order valence-corrected chi connectivity index (χ3v) is 5.51. The number of hydrogen-bond acceptors (Lipinski definition) is 3. The van der Waals surface area contributed by atoms with Crippen LogP contribution >= 0.6 is 11.8 Å². The molecular weight excluding hydrogens is 268 g/mol. The van der Waals surface area contributed by atoms with E-state index in [0.29, 0.717) is 0 Å². The van der Waals surface area contributed by atoms with Crippen molar-refractivity contribution in [1.82, 2.24) is 0 Å². The fourth-order valence-corrected chi connectivity index (χ4v) is 4.58. The van der Waals surface area contributed by atoms with Gasteiger partial charge in [0.15, 0.2) is 0 Å². The summed E-state index contributed by atoms with van der Waals surface area (Å²) in [5.74, 6) is -0.124. The number of carbonyl (C=O) groups is 1. The van der Waals surface area contributed by atoms with Crippen LogP contribution < -0.4 is 11.1 Å². The Morgan fingerprint density at radius 3 is 2.55 bits per heavy atom. The number of nitrogens with two attached hydrogens (primary N) is 1. The normalized spacial score (nSPS) is 26.1. The summed E-state index contributed by atoms with van der Waals surface area (Å²) in [6.45, 7) is 0. The lowest BCUT2D eigenvalue weighted by Gasteiger charge is -2.33. The van der Waals surface area contributed by atoms with Gasteiger partial charge in [-0.25, -0.2) is 0 Å². The van der Waals surface area contributed by atoms with E-state index in [-0.39, 0.29) is 23.1 Å². The van der Waals surface area contributed by atoms with Crippen LogP contribution in [0.1, 0.15) is 23.1 Å². The smallest absolute Gasteiger partial charge is 0.231 e. The predicted octanol–water partition coefficient (Wildman–Crippen LogP) is 2.90. The van der Waals surface area contributed by atoms with Gasteiger partial charge in [0.2, 0.25) is 5.91 Å². The van der Waals surface area contributed by atoms with E-state index in [1.165, 1.54) is 11.1 Å². The summed E-state index contributed by atoms with van der Waals surface area (Å²) in [5, 5.41) is 3.34. The van der Waals surface area contributed by atoms with Crippen molar-refractivity contribution in [2.45, 2.75) is 22.1 Å². The van der Waals surface area contributed by atoms with Crippen molar-refractivity contribution in [2.24, 2.45) is 5.73 Å².